The van der Waals surface area contributed by atoms with E-state index in [9.17, 15) is 9.59 Å². The lowest BCUT2D eigenvalue weighted by molar-refractivity contribution is -0.144. The van der Waals surface area contributed by atoms with E-state index in [1.807, 2.05) is 65.4 Å². The molecule has 0 aliphatic carbocycles. The molecule has 5 rings (SSSR count). The van der Waals surface area contributed by atoms with Crippen LogP contribution in [0.3, 0.4) is 0 Å². The molecule has 2 aromatic heterocycles. The zero-order valence-electron chi connectivity index (χ0n) is 22.5. The van der Waals surface area contributed by atoms with E-state index < -0.39 is 23.8 Å². The number of para-hydroxylation sites is 2. The average molecular weight is 536 g/mol. The van der Waals surface area contributed by atoms with Crippen molar-refractivity contribution in [1.29, 1.82) is 0 Å². The number of benzene rings is 2. The van der Waals surface area contributed by atoms with Gasteiger partial charge in [0.15, 0.2) is 0 Å². The molecular weight excluding hydrogens is 506 g/mol. The van der Waals surface area contributed by atoms with Crippen LogP contribution in [0.4, 0.5) is 0 Å². The van der Waals surface area contributed by atoms with Crippen molar-refractivity contribution in [3.63, 3.8) is 0 Å². The number of nitrogens with zero attached hydrogens (tertiary/aromatic N) is 5. The van der Waals surface area contributed by atoms with Gasteiger partial charge < -0.3 is 14.0 Å². The van der Waals surface area contributed by atoms with Gasteiger partial charge in [-0.2, -0.15) is 0 Å². The second-order valence-corrected chi connectivity index (χ2v) is 9.49. The molecule has 2 unspecified atom stereocenters. The molecule has 40 heavy (non-hydrogen) atoms. The Morgan fingerprint density at radius 3 is 2.55 bits per heavy atom. The molecule has 2 aromatic carbocycles. The van der Waals surface area contributed by atoms with Gasteiger partial charge in [-0.05, 0) is 43.2 Å². The van der Waals surface area contributed by atoms with Gasteiger partial charge in [-0.1, -0.05) is 42.5 Å². The van der Waals surface area contributed by atoms with E-state index in [-0.39, 0.29) is 12.2 Å². The molecule has 202 valence electrons. The van der Waals surface area contributed by atoms with Crippen LogP contribution < -0.4 is 0 Å². The molecule has 9 nitrogen and oxygen atoms in total. The maximum absolute atomic E-state index is 13.4. The van der Waals surface area contributed by atoms with E-state index in [0.717, 1.165) is 17.7 Å². The Labute approximate surface area is 231 Å². The van der Waals surface area contributed by atoms with E-state index in [1.54, 1.807) is 38.6 Å². The molecule has 4 aromatic rings. The Bertz CT molecular complexity index is 1620. The molecule has 0 radical (unpaired) electrons. The van der Waals surface area contributed by atoms with Crippen molar-refractivity contribution in [2.45, 2.75) is 26.3 Å². The standard InChI is InChI=1S/C31H29N5O4/c1-20-27(30(37)39-3)29(26-17-33-24-8-4-5-9-25(24)35-26)28(21(2)34-20)31(38)40-16-6-7-22-10-12-23(13-11-22)18-36-15-14-32-19-36/h4-15,17,19,27,29H,16,18H2,1-3H3. The van der Waals surface area contributed by atoms with Gasteiger partial charge in [-0.3, -0.25) is 14.8 Å². The number of carbonyl (C=O) groups is 2. The third-order valence-electron chi connectivity index (χ3n) is 6.81. The first kappa shape index (κ1) is 26.7. The highest BCUT2D eigenvalue weighted by Crippen LogP contribution is 2.39. The SMILES string of the molecule is COC(=O)C1C(C)=NC(C)=C(C(=O)OCC=Cc2ccc(Cn3ccnc3)cc2)C1c1cnc2ccccc2n1. The number of esters is 2. The predicted octanol–water partition coefficient (Wildman–Crippen LogP) is 4.75. The first-order valence-corrected chi connectivity index (χ1v) is 12.9. The highest BCUT2D eigenvalue weighted by atomic mass is 16.5. The Hall–Kier alpha value is -4.92. The number of rotatable bonds is 8. The van der Waals surface area contributed by atoms with Crippen molar-refractivity contribution in [3.8, 4) is 0 Å². The Morgan fingerprint density at radius 1 is 1.05 bits per heavy atom. The van der Waals surface area contributed by atoms with Crippen LogP contribution in [0.5, 0.6) is 0 Å². The van der Waals surface area contributed by atoms with Crippen molar-refractivity contribution in [2.75, 3.05) is 13.7 Å². The maximum Gasteiger partial charge on any atom is 0.336 e. The van der Waals surface area contributed by atoms with Gasteiger partial charge >= 0.3 is 11.9 Å². The summed E-state index contributed by atoms with van der Waals surface area (Å²) in [5.41, 5.74) is 5.26. The largest absolute Gasteiger partial charge is 0.468 e. The topological polar surface area (TPSA) is 109 Å². The molecule has 0 saturated heterocycles. The van der Waals surface area contributed by atoms with E-state index >= 15 is 0 Å². The molecule has 3 heterocycles. The number of carbonyl (C=O) groups excluding carboxylic acids is 2. The zero-order valence-corrected chi connectivity index (χ0v) is 22.5. The van der Waals surface area contributed by atoms with Crippen molar-refractivity contribution in [1.82, 2.24) is 19.5 Å². The lowest BCUT2D eigenvalue weighted by Gasteiger charge is -2.30. The third kappa shape index (κ3) is 5.73. The van der Waals surface area contributed by atoms with Crippen molar-refractivity contribution >= 4 is 34.8 Å². The summed E-state index contributed by atoms with van der Waals surface area (Å²) >= 11 is 0. The van der Waals surface area contributed by atoms with Gasteiger partial charge in [0.1, 0.15) is 12.5 Å². The number of allylic oxidation sites excluding steroid dienone is 1. The number of aliphatic imine (C=N–C) groups is 1. The molecule has 0 bridgehead atoms. The number of hydrogen-bond donors (Lipinski definition) is 0. The zero-order chi connectivity index (χ0) is 28.1. The summed E-state index contributed by atoms with van der Waals surface area (Å²) in [7, 11) is 1.32. The van der Waals surface area contributed by atoms with E-state index in [0.29, 0.717) is 28.1 Å². The smallest absolute Gasteiger partial charge is 0.336 e. The van der Waals surface area contributed by atoms with Crippen molar-refractivity contribution in [3.05, 3.63) is 108 Å². The Balaban J connectivity index is 1.34. The summed E-state index contributed by atoms with van der Waals surface area (Å²) in [6, 6.07) is 15.5. The first-order chi connectivity index (χ1) is 19.4. The van der Waals surface area contributed by atoms with E-state index in [4.69, 9.17) is 14.5 Å². The number of hydrogen-bond acceptors (Lipinski definition) is 8. The normalized spacial score (nSPS) is 17.2. The van der Waals surface area contributed by atoms with Crippen LogP contribution in [0.1, 0.15) is 36.6 Å². The quantitative estimate of drug-likeness (QED) is 0.300. The molecular formula is C31H29N5O4. The molecule has 0 spiro atoms. The van der Waals surface area contributed by atoms with Crippen molar-refractivity contribution < 1.29 is 19.1 Å². The van der Waals surface area contributed by atoms with Gasteiger partial charge in [0, 0.05) is 36.5 Å². The van der Waals surface area contributed by atoms with Gasteiger partial charge in [0.05, 0.1) is 41.7 Å². The number of imidazole rings is 1. The molecule has 2 atom stereocenters. The number of ether oxygens (including phenoxy) is 2. The minimum atomic E-state index is -0.830. The van der Waals surface area contributed by atoms with Gasteiger partial charge in [0.2, 0.25) is 0 Å². The highest BCUT2D eigenvalue weighted by molar-refractivity contribution is 6.07. The monoisotopic (exact) mass is 535 g/mol. The fourth-order valence-corrected chi connectivity index (χ4v) is 4.89. The second kappa shape index (κ2) is 11.9. The fourth-order valence-electron chi connectivity index (χ4n) is 4.89. The molecule has 1 aliphatic rings. The van der Waals surface area contributed by atoms with Crippen LogP contribution in [0.25, 0.3) is 17.1 Å². The molecule has 1 aliphatic heterocycles. The van der Waals surface area contributed by atoms with Crippen LogP contribution in [-0.2, 0) is 25.6 Å². The highest BCUT2D eigenvalue weighted by Gasteiger charge is 2.43. The minimum Gasteiger partial charge on any atom is -0.468 e. The van der Waals surface area contributed by atoms with E-state index in [2.05, 4.69) is 15.0 Å². The summed E-state index contributed by atoms with van der Waals surface area (Å²) in [6.45, 7) is 4.27. The lowest BCUT2D eigenvalue weighted by Crippen LogP contribution is -2.36. The van der Waals surface area contributed by atoms with Crippen LogP contribution in [0, 0.1) is 5.92 Å². The van der Waals surface area contributed by atoms with Gasteiger partial charge in [-0.25, -0.2) is 14.8 Å². The van der Waals surface area contributed by atoms with E-state index in [1.165, 1.54) is 7.11 Å². The second-order valence-electron chi connectivity index (χ2n) is 9.49. The Morgan fingerprint density at radius 2 is 1.82 bits per heavy atom. The molecule has 0 N–H and O–H groups in total. The summed E-state index contributed by atoms with van der Waals surface area (Å²) in [5, 5.41) is 0. The van der Waals surface area contributed by atoms with Crippen LogP contribution in [-0.4, -0.2) is 50.9 Å². The van der Waals surface area contributed by atoms with Crippen molar-refractivity contribution in [2.24, 2.45) is 10.9 Å². The van der Waals surface area contributed by atoms with Gasteiger partial charge in [-0.15, -0.1) is 0 Å². The minimum absolute atomic E-state index is 0.0497. The summed E-state index contributed by atoms with van der Waals surface area (Å²) < 4.78 is 12.7. The number of fused-ring (bicyclic) bond motifs is 1. The lowest BCUT2D eigenvalue weighted by atomic mass is 9.78. The summed E-state index contributed by atoms with van der Waals surface area (Å²) in [6.07, 6.45) is 10.7. The first-order valence-electron chi connectivity index (χ1n) is 12.9. The summed E-state index contributed by atoms with van der Waals surface area (Å²) in [4.78, 5) is 44.2. The summed E-state index contributed by atoms with van der Waals surface area (Å²) in [5.74, 6) is -2.65. The molecule has 9 heteroatoms. The molecule has 0 amide bonds. The third-order valence-corrected chi connectivity index (χ3v) is 6.81. The Kier molecular flexibility index (Phi) is 7.91. The fraction of sp³-hybridized carbons (Fsp3) is 0.226. The predicted molar refractivity (Wildman–Crippen MR) is 151 cm³/mol. The molecule has 0 saturated carbocycles. The number of methoxy groups -OCH3 is 1. The molecule has 0 fully saturated rings. The number of aromatic nitrogens is 4. The average Bonchev–Trinajstić information content (AvgIpc) is 3.48. The van der Waals surface area contributed by atoms with Gasteiger partial charge in [0.25, 0.3) is 0 Å². The van der Waals surface area contributed by atoms with Crippen LogP contribution >= 0.6 is 0 Å². The van der Waals surface area contributed by atoms with Crippen LogP contribution in [0.2, 0.25) is 0 Å². The van der Waals surface area contributed by atoms with Crippen LogP contribution in [0.15, 0.2) is 95.8 Å². The maximum atomic E-state index is 13.4.